The first-order chi connectivity index (χ1) is 5.15. The lowest BCUT2D eigenvalue weighted by molar-refractivity contribution is 0.619. The van der Waals surface area contributed by atoms with Gasteiger partial charge < -0.3 is 5.73 Å². The van der Waals surface area contributed by atoms with Gasteiger partial charge in [-0.1, -0.05) is 11.6 Å². The Morgan fingerprint density at radius 1 is 1.50 bits per heavy atom. The number of hydrogen-bond donors (Lipinski definition) is 1. The van der Waals surface area contributed by atoms with Crippen molar-refractivity contribution in [2.24, 2.45) is 5.73 Å². The van der Waals surface area contributed by atoms with Gasteiger partial charge in [0.15, 0.2) is 0 Å². The van der Waals surface area contributed by atoms with Crippen molar-refractivity contribution in [3.05, 3.63) is 33.0 Å². The molecule has 1 nitrogen and oxygen atoms in total. The smallest absolute Gasteiger partial charge is 0.137 e. The van der Waals surface area contributed by atoms with Gasteiger partial charge in [0, 0.05) is 11.6 Å². The Bertz CT molecular complexity index is 280. The molecule has 12 heavy (non-hydrogen) atoms. The zero-order chi connectivity index (χ0) is 8.43. The lowest BCUT2D eigenvalue weighted by Crippen LogP contribution is -1.98. The highest BCUT2D eigenvalue weighted by Crippen LogP contribution is 2.24. The van der Waals surface area contributed by atoms with Crippen LogP contribution in [0, 0.1) is 5.82 Å². The molecule has 1 aromatic rings. The van der Waals surface area contributed by atoms with Crippen molar-refractivity contribution >= 4 is 39.9 Å². The summed E-state index contributed by atoms with van der Waals surface area (Å²) in [5, 5.41) is 0.487. The summed E-state index contributed by atoms with van der Waals surface area (Å²) < 4.78 is 13.1. The first kappa shape index (κ1) is 12.2. The highest BCUT2D eigenvalue weighted by atomic mass is 79.9. The number of rotatable bonds is 1. The second-order valence-electron chi connectivity index (χ2n) is 2.06. The molecule has 0 spiro atoms. The molecule has 0 aromatic heterocycles. The highest BCUT2D eigenvalue weighted by Gasteiger charge is 2.04. The first-order valence-electron chi connectivity index (χ1n) is 2.98. The third-order valence-electron chi connectivity index (χ3n) is 1.31. The Morgan fingerprint density at radius 2 is 2.08 bits per heavy atom. The SMILES string of the molecule is Cl.NCc1cc(F)c(Br)cc1Cl. The molecule has 1 rings (SSSR count). The molecule has 0 atom stereocenters. The summed E-state index contributed by atoms with van der Waals surface area (Å²) in [5.41, 5.74) is 5.92. The van der Waals surface area contributed by atoms with Gasteiger partial charge in [0.05, 0.1) is 4.47 Å². The third-order valence-corrected chi connectivity index (χ3v) is 2.27. The van der Waals surface area contributed by atoms with Crippen molar-refractivity contribution in [2.45, 2.75) is 6.54 Å². The lowest BCUT2D eigenvalue weighted by Gasteiger charge is -2.01. The molecule has 0 heterocycles. The van der Waals surface area contributed by atoms with Crippen LogP contribution in [0.15, 0.2) is 16.6 Å². The second kappa shape index (κ2) is 5.02. The van der Waals surface area contributed by atoms with Crippen molar-refractivity contribution in [1.29, 1.82) is 0 Å². The van der Waals surface area contributed by atoms with Gasteiger partial charge in [-0.05, 0) is 33.6 Å². The van der Waals surface area contributed by atoms with Gasteiger partial charge in [-0.2, -0.15) is 0 Å². The van der Waals surface area contributed by atoms with Gasteiger partial charge >= 0.3 is 0 Å². The van der Waals surface area contributed by atoms with Crippen molar-refractivity contribution in [1.82, 2.24) is 0 Å². The fourth-order valence-corrected chi connectivity index (χ4v) is 1.44. The molecule has 5 heteroatoms. The lowest BCUT2D eigenvalue weighted by atomic mass is 10.2. The topological polar surface area (TPSA) is 26.0 Å². The van der Waals surface area contributed by atoms with E-state index in [0.29, 0.717) is 15.1 Å². The predicted molar refractivity (Wildman–Crippen MR) is 54.2 cm³/mol. The van der Waals surface area contributed by atoms with E-state index in [1.54, 1.807) is 0 Å². The summed E-state index contributed by atoms with van der Waals surface area (Å²) in [6.07, 6.45) is 0. The minimum atomic E-state index is -0.338. The summed E-state index contributed by atoms with van der Waals surface area (Å²) in [5.74, 6) is -0.338. The van der Waals surface area contributed by atoms with Crippen LogP contribution in [-0.2, 0) is 6.54 Å². The zero-order valence-corrected chi connectivity index (χ0v) is 9.14. The average Bonchev–Trinajstić information content (AvgIpc) is 1.97. The van der Waals surface area contributed by atoms with Crippen LogP contribution in [0.1, 0.15) is 5.56 Å². The fourth-order valence-electron chi connectivity index (χ4n) is 0.720. The summed E-state index contributed by atoms with van der Waals surface area (Å²) in [4.78, 5) is 0. The van der Waals surface area contributed by atoms with Crippen LogP contribution in [0.25, 0.3) is 0 Å². The monoisotopic (exact) mass is 273 g/mol. The molecular formula is C7H7BrCl2FN. The molecule has 0 amide bonds. The molecule has 2 N–H and O–H groups in total. The van der Waals surface area contributed by atoms with Crippen molar-refractivity contribution < 1.29 is 4.39 Å². The van der Waals surface area contributed by atoms with Crippen LogP contribution in [0.5, 0.6) is 0 Å². The van der Waals surface area contributed by atoms with E-state index in [2.05, 4.69) is 15.9 Å². The molecule has 0 aliphatic carbocycles. The van der Waals surface area contributed by atoms with Gasteiger partial charge in [-0.15, -0.1) is 12.4 Å². The molecule has 0 fully saturated rings. The molecule has 0 radical (unpaired) electrons. The van der Waals surface area contributed by atoms with E-state index in [1.165, 1.54) is 12.1 Å². The largest absolute Gasteiger partial charge is 0.326 e. The van der Waals surface area contributed by atoms with Crippen LogP contribution in [0.2, 0.25) is 5.02 Å². The summed E-state index contributed by atoms with van der Waals surface area (Å²) in [7, 11) is 0. The van der Waals surface area contributed by atoms with Crippen molar-refractivity contribution in [3.63, 3.8) is 0 Å². The Kier molecular flexibility index (Phi) is 5.09. The Labute approximate surface area is 89.6 Å². The molecule has 0 bridgehead atoms. The maximum absolute atomic E-state index is 12.8. The Hall–Kier alpha value is 0.170. The van der Waals surface area contributed by atoms with E-state index < -0.39 is 0 Å². The number of nitrogens with two attached hydrogens (primary N) is 1. The molecule has 0 unspecified atom stereocenters. The van der Waals surface area contributed by atoms with Crippen molar-refractivity contribution in [2.75, 3.05) is 0 Å². The summed E-state index contributed by atoms with van der Waals surface area (Å²) in [6, 6.07) is 2.82. The molecule has 0 aliphatic rings. The van der Waals surface area contributed by atoms with Gasteiger partial charge in [-0.3, -0.25) is 0 Å². The van der Waals surface area contributed by atoms with E-state index in [9.17, 15) is 4.39 Å². The number of benzene rings is 1. The maximum atomic E-state index is 12.8. The van der Waals surface area contributed by atoms with Gasteiger partial charge in [0.1, 0.15) is 5.82 Å². The quantitative estimate of drug-likeness (QED) is 0.783. The number of hydrogen-bond acceptors (Lipinski definition) is 1. The van der Waals surface area contributed by atoms with E-state index in [1.807, 2.05) is 0 Å². The maximum Gasteiger partial charge on any atom is 0.137 e. The van der Waals surface area contributed by atoms with Crippen molar-refractivity contribution in [3.8, 4) is 0 Å². The van der Waals surface area contributed by atoms with Crippen LogP contribution >= 0.6 is 39.9 Å². The van der Waals surface area contributed by atoms with Gasteiger partial charge in [0.2, 0.25) is 0 Å². The Balaban J connectivity index is 0.00000121. The molecule has 1 aromatic carbocycles. The molecule has 0 saturated carbocycles. The van der Waals surface area contributed by atoms with Gasteiger partial charge in [-0.25, -0.2) is 4.39 Å². The van der Waals surface area contributed by atoms with Crippen LogP contribution in [0.4, 0.5) is 4.39 Å². The van der Waals surface area contributed by atoms with Crippen LogP contribution in [0.3, 0.4) is 0 Å². The molecule has 0 saturated heterocycles. The first-order valence-corrected chi connectivity index (χ1v) is 4.15. The zero-order valence-electron chi connectivity index (χ0n) is 5.98. The van der Waals surface area contributed by atoms with E-state index >= 15 is 0 Å². The summed E-state index contributed by atoms with van der Waals surface area (Å²) >= 11 is 8.73. The minimum absolute atomic E-state index is 0. The molecule has 0 aliphatic heterocycles. The predicted octanol–water partition coefficient (Wildman–Crippen LogP) is 3.12. The van der Waals surface area contributed by atoms with Gasteiger partial charge in [0.25, 0.3) is 0 Å². The average molecular weight is 275 g/mol. The van der Waals surface area contributed by atoms with E-state index in [0.717, 1.165) is 0 Å². The Morgan fingerprint density at radius 3 is 2.58 bits per heavy atom. The van der Waals surface area contributed by atoms with E-state index in [-0.39, 0.29) is 24.8 Å². The van der Waals surface area contributed by atoms with Crippen LogP contribution < -0.4 is 5.73 Å². The fraction of sp³-hybridized carbons (Fsp3) is 0.143. The highest BCUT2D eigenvalue weighted by molar-refractivity contribution is 9.10. The standard InChI is InChI=1S/C7H6BrClFN.ClH/c8-5-2-6(9)4(3-11)1-7(5)10;/h1-2H,3,11H2;1H. The molecule has 68 valence electrons. The number of halogens is 4. The molecular weight excluding hydrogens is 268 g/mol. The minimum Gasteiger partial charge on any atom is -0.326 e. The normalized spacial score (nSPS) is 9.33. The second-order valence-corrected chi connectivity index (χ2v) is 3.32. The summed E-state index contributed by atoms with van der Waals surface area (Å²) in [6.45, 7) is 0.253. The van der Waals surface area contributed by atoms with Crippen LogP contribution in [-0.4, -0.2) is 0 Å². The van der Waals surface area contributed by atoms with E-state index in [4.69, 9.17) is 17.3 Å². The third kappa shape index (κ3) is 2.59.